The van der Waals surface area contributed by atoms with Crippen molar-refractivity contribution in [2.45, 2.75) is 31.8 Å². The molecule has 1 unspecified atom stereocenters. The number of likely N-dealkylation sites (N-methyl/N-ethyl adjacent to an activating group) is 1. The van der Waals surface area contributed by atoms with Crippen LogP contribution in [0.2, 0.25) is 0 Å². The van der Waals surface area contributed by atoms with Gasteiger partial charge >= 0.3 is 0 Å². The van der Waals surface area contributed by atoms with E-state index in [-0.39, 0.29) is 11.9 Å². The van der Waals surface area contributed by atoms with Gasteiger partial charge in [0.2, 0.25) is 5.91 Å². The Morgan fingerprint density at radius 3 is 3.16 bits per heavy atom. The summed E-state index contributed by atoms with van der Waals surface area (Å²) in [5.41, 5.74) is 3.96. The third-order valence-electron chi connectivity index (χ3n) is 4.13. The number of para-hydroxylation sites is 1. The molecule has 3 rings (SSSR count). The fraction of sp³-hybridized carbons (Fsp3) is 0.533. The number of amides is 1. The van der Waals surface area contributed by atoms with Crippen molar-refractivity contribution < 1.29 is 4.79 Å². The highest BCUT2D eigenvalue weighted by atomic mass is 16.2. The number of likely N-dealkylation sites (tertiary alicyclic amines) is 1. The van der Waals surface area contributed by atoms with Gasteiger partial charge in [-0.2, -0.15) is 0 Å². The molecule has 1 aromatic rings. The highest BCUT2D eigenvalue weighted by Gasteiger charge is 2.28. The second-order valence-corrected chi connectivity index (χ2v) is 5.46. The average molecular weight is 259 g/mol. The summed E-state index contributed by atoms with van der Waals surface area (Å²) in [5.74, 6) is 0.220. The molecule has 2 heterocycles. The van der Waals surface area contributed by atoms with Crippen LogP contribution in [-0.4, -0.2) is 37.0 Å². The van der Waals surface area contributed by atoms with E-state index in [9.17, 15) is 4.79 Å². The predicted molar refractivity (Wildman–Crippen MR) is 76.1 cm³/mol. The van der Waals surface area contributed by atoms with Crippen LogP contribution in [0.25, 0.3) is 0 Å². The van der Waals surface area contributed by atoms with Crippen LogP contribution < -0.4 is 10.6 Å². The van der Waals surface area contributed by atoms with E-state index in [0.717, 1.165) is 32.5 Å². The van der Waals surface area contributed by atoms with Gasteiger partial charge in [-0.25, -0.2) is 0 Å². The van der Waals surface area contributed by atoms with E-state index in [4.69, 9.17) is 0 Å². The molecule has 0 aromatic heterocycles. The van der Waals surface area contributed by atoms with Crippen molar-refractivity contribution in [3.8, 4) is 0 Å². The molecule has 4 nitrogen and oxygen atoms in total. The van der Waals surface area contributed by atoms with Crippen LogP contribution in [0.3, 0.4) is 0 Å². The van der Waals surface area contributed by atoms with Gasteiger partial charge in [-0.1, -0.05) is 18.2 Å². The van der Waals surface area contributed by atoms with Gasteiger partial charge in [-0.3, -0.25) is 4.79 Å². The molecule has 19 heavy (non-hydrogen) atoms. The molecule has 0 spiro atoms. The number of anilines is 1. The van der Waals surface area contributed by atoms with Gasteiger partial charge in [-0.05, 0) is 30.4 Å². The van der Waals surface area contributed by atoms with Crippen LogP contribution in [0.4, 0.5) is 5.69 Å². The van der Waals surface area contributed by atoms with Crippen molar-refractivity contribution >= 4 is 11.6 Å². The minimum atomic E-state index is -0.00977. The summed E-state index contributed by atoms with van der Waals surface area (Å²) in [6.07, 6.45) is 3.27. The molecule has 0 saturated carbocycles. The first kappa shape index (κ1) is 12.5. The molecule has 0 bridgehead atoms. The smallest absolute Gasteiger partial charge is 0.239 e. The van der Waals surface area contributed by atoms with Crippen LogP contribution in [-0.2, 0) is 17.8 Å². The Kier molecular flexibility index (Phi) is 3.42. The summed E-state index contributed by atoms with van der Waals surface area (Å²) in [6.45, 7) is 2.68. The van der Waals surface area contributed by atoms with Crippen LogP contribution in [0.15, 0.2) is 18.2 Å². The van der Waals surface area contributed by atoms with Crippen LogP contribution >= 0.6 is 0 Å². The monoisotopic (exact) mass is 259 g/mol. The molecule has 1 saturated heterocycles. The second kappa shape index (κ2) is 5.21. The van der Waals surface area contributed by atoms with Gasteiger partial charge in [0.25, 0.3) is 0 Å². The number of hydrogen-bond donors (Lipinski definition) is 2. The van der Waals surface area contributed by atoms with Gasteiger partial charge in [0, 0.05) is 32.4 Å². The molecule has 2 N–H and O–H groups in total. The van der Waals surface area contributed by atoms with Crippen molar-refractivity contribution in [2.24, 2.45) is 0 Å². The number of rotatable bonds is 3. The maximum atomic E-state index is 11.9. The third kappa shape index (κ3) is 2.45. The van der Waals surface area contributed by atoms with E-state index in [0.29, 0.717) is 0 Å². The number of fused-ring (bicyclic) bond motifs is 1. The Morgan fingerprint density at radius 1 is 1.47 bits per heavy atom. The SMILES string of the molecule is CN1CCC(NCc2cccc3c2NCCC3)C1=O. The van der Waals surface area contributed by atoms with E-state index in [1.165, 1.54) is 23.2 Å². The Hall–Kier alpha value is -1.55. The minimum Gasteiger partial charge on any atom is -0.385 e. The topological polar surface area (TPSA) is 44.4 Å². The number of nitrogens with zero attached hydrogens (tertiary/aromatic N) is 1. The van der Waals surface area contributed by atoms with E-state index in [2.05, 4.69) is 28.8 Å². The highest BCUT2D eigenvalue weighted by Crippen LogP contribution is 2.26. The van der Waals surface area contributed by atoms with Gasteiger partial charge in [0.05, 0.1) is 6.04 Å². The van der Waals surface area contributed by atoms with E-state index < -0.39 is 0 Å². The molecule has 102 valence electrons. The maximum absolute atomic E-state index is 11.9. The zero-order valence-corrected chi connectivity index (χ0v) is 11.4. The lowest BCUT2D eigenvalue weighted by molar-refractivity contribution is -0.128. The zero-order chi connectivity index (χ0) is 13.2. The Bertz CT molecular complexity index is 486. The Morgan fingerprint density at radius 2 is 2.37 bits per heavy atom. The van der Waals surface area contributed by atoms with Crippen molar-refractivity contribution in [1.29, 1.82) is 0 Å². The lowest BCUT2D eigenvalue weighted by Gasteiger charge is -2.22. The third-order valence-corrected chi connectivity index (χ3v) is 4.13. The van der Waals surface area contributed by atoms with Gasteiger partial charge < -0.3 is 15.5 Å². The summed E-state index contributed by atoms with van der Waals surface area (Å²) in [4.78, 5) is 13.7. The predicted octanol–water partition coefficient (Wildman–Crippen LogP) is 1.36. The average Bonchev–Trinajstić information content (AvgIpc) is 2.76. The standard InChI is InChI=1S/C15H21N3O/c1-18-9-7-13(15(18)19)17-10-12-5-2-4-11-6-3-8-16-14(11)12/h2,4-5,13,16-17H,3,6-10H2,1H3. The Labute approximate surface area is 114 Å². The first-order valence-electron chi connectivity index (χ1n) is 7.09. The molecular weight excluding hydrogens is 238 g/mol. The quantitative estimate of drug-likeness (QED) is 0.861. The summed E-state index contributed by atoms with van der Waals surface area (Å²) >= 11 is 0. The van der Waals surface area contributed by atoms with Crippen LogP contribution in [0, 0.1) is 0 Å². The van der Waals surface area contributed by atoms with Crippen molar-refractivity contribution in [2.75, 3.05) is 25.5 Å². The van der Waals surface area contributed by atoms with Crippen molar-refractivity contribution in [3.05, 3.63) is 29.3 Å². The largest absolute Gasteiger partial charge is 0.385 e. The molecular formula is C15H21N3O. The molecule has 1 atom stereocenters. The fourth-order valence-corrected chi connectivity index (χ4v) is 2.97. The van der Waals surface area contributed by atoms with Crippen LogP contribution in [0.1, 0.15) is 24.0 Å². The lowest BCUT2D eigenvalue weighted by Crippen LogP contribution is -2.36. The maximum Gasteiger partial charge on any atom is 0.239 e. The summed E-state index contributed by atoms with van der Waals surface area (Å²) < 4.78 is 0. The van der Waals surface area contributed by atoms with E-state index in [1.807, 2.05) is 7.05 Å². The lowest BCUT2D eigenvalue weighted by atomic mass is 9.99. The number of carbonyl (C=O) groups is 1. The van der Waals surface area contributed by atoms with Crippen molar-refractivity contribution in [1.82, 2.24) is 10.2 Å². The molecule has 2 aliphatic rings. The van der Waals surface area contributed by atoms with E-state index in [1.54, 1.807) is 4.90 Å². The van der Waals surface area contributed by atoms with Gasteiger partial charge in [-0.15, -0.1) is 0 Å². The van der Waals surface area contributed by atoms with Gasteiger partial charge in [0.15, 0.2) is 0 Å². The molecule has 1 aromatic carbocycles. The number of carbonyl (C=O) groups excluding carboxylic acids is 1. The first-order chi connectivity index (χ1) is 9.25. The number of hydrogen-bond acceptors (Lipinski definition) is 3. The zero-order valence-electron chi connectivity index (χ0n) is 11.4. The molecule has 1 fully saturated rings. The second-order valence-electron chi connectivity index (χ2n) is 5.46. The highest BCUT2D eigenvalue weighted by molar-refractivity contribution is 5.83. The van der Waals surface area contributed by atoms with Crippen molar-refractivity contribution in [3.63, 3.8) is 0 Å². The molecule has 0 radical (unpaired) electrons. The number of aryl methyl sites for hydroxylation is 1. The number of benzene rings is 1. The molecule has 1 amide bonds. The van der Waals surface area contributed by atoms with E-state index >= 15 is 0 Å². The normalized spacial score (nSPS) is 22.3. The molecule has 4 heteroatoms. The minimum absolute atomic E-state index is 0.00977. The van der Waals surface area contributed by atoms with Crippen LogP contribution in [0.5, 0.6) is 0 Å². The number of nitrogens with one attached hydrogen (secondary N) is 2. The Balaban J connectivity index is 1.69. The summed E-state index contributed by atoms with van der Waals surface area (Å²) in [5, 5.41) is 6.89. The first-order valence-corrected chi connectivity index (χ1v) is 7.09. The molecule has 0 aliphatic carbocycles. The molecule has 2 aliphatic heterocycles. The summed E-state index contributed by atoms with van der Waals surface area (Å²) in [6, 6.07) is 6.45. The van der Waals surface area contributed by atoms with Gasteiger partial charge in [0.1, 0.15) is 0 Å². The summed E-state index contributed by atoms with van der Waals surface area (Å²) in [7, 11) is 1.87. The fourth-order valence-electron chi connectivity index (χ4n) is 2.97.